The monoisotopic (exact) mass is 383 g/mol. The third kappa shape index (κ3) is 3.79. The number of morpholine rings is 1. The van der Waals surface area contributed by atoms with Crippen molar-refractivity contribution >= 4 is 27.3 Å². The lowest BCUT2D eigenvalue weighted by molar-refractivity contribution is 0.0730. The van der Waals surface area contributed by atoms with E-state index in [4.69, 9.17) is 4.74 Å². The highest BCUT2D eigenvalue weighted by Gasteiger charge is 2.29. The minimum atomic E-state index is -3.61. The molecule has 0 spiro atoms. The van der Waals surface area contributed by atoms with E-state index in [-0.39, 0.29) is 10.8 Å². The molecule has 0 N–H and O–H groups in total. The lowest BCUT2D eigenvalue weighted by atomic mass is 10.3. The van der Waals surface area contributed by atoms with Gasteiger partial charge in [0.15, 0.2) is 0 Å². The van der Waals surface area contributed by atoms with Crippen molar-refractivity contribution < 1.29 is 17.9 Å². The highest BCUT2D eigenvalue weighted by Crippen LogP contribution is 2.21. The number of hydrogen-bond acceptors (Lipinski definition) is 5. The number of aromatic nitrogens is 1. The first-order valence-corrected chi connectivity index (χ1v) is 10.2. The first-order valence-electron chi connectivity index (χ1n) is 7.91. The van der Waals surface area contributed by atoms with Crippen molar-refractivity contribution in [1.82, 2.24) is 13.8 Å². The summed E-state index contributed by atoms with van der Waals surface area (Å²) in [6, 6.07) is 5.36. The summed E-state index contributed by atoms with van der Waals surface area (Å²) in [4.78, 5) is 15.5. The van der Waals surface area contributed by atoms with Crippen LogP contribution >= 0.6 is 11.3 Å². The Morgan fingerprint density at radius 3 is 2.72 bits per heavy atom. The molecule has 0 saturated carbocycles. The van der Waals surface area contributed by atoms with Gasteiger partial charge in [0, 0.05) is 38.3 Å². The Hall–Kier alpha value is -1.68. The predicted octanol–water partition coefficient (Wildman–Crippen LogP) is 1.38. The molecule has 136 valence electrons. The smallest absolute Gasteiger partial charge is 0.270 e. The van der Waals surface area contributed by atoms with Crippen LogP contribution in [0.1, 0.15) is 15.4 Å². The van der Waals surface area contributed by atoms with Gasteiger partial charge in [-0.1, -0.05) is 6.07 Å². The number of carbonyl (C=O) groups excluding carboxylic acids is 1. The Balaban J connectivity index is 1.80. The van der Waals surface area contributed by atoms with Crippen molar-refractivity contribution in [2.45, 2.75) is 11.4 Å². The third-order valence-corrected chi connectivity index (χ3v) is 6.85. The van der Waals surface area contributed by atoms with Gasteiger partial charge < -0.3 is 14.2 Å². The summed E-state index contributed by atoms with van der Waals surface area (Å²) < 4.78 is 33.6. The largest absolute Gasteiger partial charge is 0.379 e. The average molecular weight is 383 g/mol. The number of nitrogens with zero attached hydrogens (tertiary/aromatic N) is 3. The van der Waals surface area contributed by atoms with Crippen LogP contribution in [0.2, 0.25) is 0 Å². The fraction of sp³-hybridized carbons (Fsp3) is 0.438. The molecule has 0 atom stereocenters. The zero-order valence-corrected chi connectivity index (χ0v) is 15.8. The molecule has 2 aromatic rings. The number of aryl methyl sites for hydroxylation is 1. The van der Waals surface area contributed by atoms with Crippen LogP contribution in [0, 0.1) is 0 Å². The number of amides is 1. The van der Waals surface area contributed by atoms with E-state index in [1.807, 2.05) is 17.5 Å². The topological polar surface area (TPSA) is 71.8 Å². The molecule has 3 rings (SSSR count). The van der Waals surface area contributed by atoms with Crippen molar-refractivity contribution in [2.75, 3.05) is 33.4 Å². The molecule has 7 nitrogen and oxygen atoms in total. The van der Waals surface area contributed by atoms with Gasteiger partial charge in [-0.15, -0.1) is 11.3 Å². The zero-order valence-electron chi connectivity index (χ0n) is 14.2. The van der Waals surface area contributed by atoms with Crippen LogP contribution in [0.3, 0.4) is 0 Å². The van der Waals surface area contributed by atoms with Gasteiger partial charge >= 0.3 is 0 Å². The van der Waals surface area contributed by atoms with Gasteiger partial charge in [0.1, 0.15) is 10.6 Å². The predicted molar refractivity (Wildman–Crippen MR) is 95.1 cm³/mol. The summed E-state index contributed by atoms with van der Waals surface area (Å²) in [5.41, 5.74) is 0.353. The highest BCUT2D eigenvalue weighted by atomic mass is 32.2. The Morgan fingerprint density at radius 2 is 2.08 bits per heavy atom. The van der Waals surface area contributed by atoms with Crippen molar-refractivity contribution in [3.63, 3.8) is 0 Å². The molecule has 0 aromatic carbocycles. The standard InChI is InChI=1S/C16H21N3O4S2/c1-17-12-14(25(21,22)19-5-7-23-8-6-19)10-15(17)16(20)18(2)11-13-4-3-9-24-13/h3-4,9-10,12H,5-8,11H2,1-2H3. The average Bonchev–Trinajstić information content (AvgIpc) is 3.24. The van der Waals surface area contributed by atoms with E-state index < -0.39 is 10.0 Å². The van der Waals surface area contributed by atoms with Crippen LogP contribution in [-0.2, 0) is 28.4 Å². The van der Waals surface area contributed by atoms with Gasteiger partial charge in [-0.05, 0) is 17.5 Å². The first kappa shape index (κ1) is 18.1. The van der Waals surface area contributed by atoms with Crippen LogP contribution in [0.15, 0.2) is 34.7 Å². The van der Waals surface area contributed by atoms with E-state index in [0.29, 0.717) is 38.5 Å². The molecule has 0 aliphatic carbocycles. The highest BCUT2D eigenvalue weighted by molar-refractivity contribution is 7.89. The van der Waals surface area contributed by atoms with Crippen LogP contribution in [0.25, 0.3) is 0 Å². The summed E-state index contributed by atoms with van der Waals surface area (Å²) in [6.07, 6.45) is 1.50. The zero-order chi connectivity index (χ0) is 18.0. The summed E-state index contributed by atoms with van der Waals surface area (Å²) in [5.74, 6) is -0.209. The van der Waals surface area contributed by atoms with Crippen LogP contribution < -0.4 is 0 Å². The minimum absolute atomic E-state index is 0.143. The Morgan fingerprint density at radius 1 is 1.36 bits per heavy atom. The molecule has 0 radical (unpaired) electrons. The Kier molecular flexibility index (Phi) is 5.28. The Bertz CT molecular complexity index is 837. The van der Waals surface area contributed by atoms with Gasteiger partial charge in [-0.3, -0.25) is 4.79 Å². The SMILES string of the molecule is CN(Cc1cccs1)C(=O)c1cc(S(=O)(=O)N2CCOCC2)cn1C. The fourth-order valence-corrected chi connectivity index (χ4v) is 4.96. The van der Waals surface area contributed by atoms with Crippen LogP contribution in [0.4, 0.5) is 0 Å². The van der Waals surface area contributed by atoms with Gasteiger partial charge in [-0.2, -0.15) is 4.31 Å². The summed E-state index contributed by atoms with van der Waals surface area (Å²) in [5, 5.41) is 1.96. The summed E-state index contributed by atoms with van der Waals surface area (Å²) in [7, 11) is -0.210. The second-order valence-corrected chi connectivity index (χ2v) is 8.90. The maximum Gasteiger partial charge on any atom is 0.270 e. The van der Waals surface area contributed by atoms with Crippen molar-refractivity contribution in [1.29, 1.82) is 0 Å². The van der Waals surface area contributed by atoms with Gasteiger partial charge in [-0.25, -0.2) is 8.42 Å². The fourth-order valence-electron chi connectivity index (χ4n) is 2.73. The molecule has 1 aliphatic heterocycles. The number of thiophene rings is 1. The number of ether oxygens (including phenoxy) is 1. The minimum Gasteiger partial charge on any atom is -0.379 e. The van der Waals surface area contributed by atoms with Gasteiger partial charge in [0.25, 0.3) is 5.91 Å². The van der Waals surface area contributed by atoms with Crippen molar-refractivity contribution in [2.24, 2.45) is 7.05 Å². The molecule has 1 aliphatic rings. The molecule has 2 aromatic heterocycles. The van der Waals surface area contributed by atoms with E-state index in [1.54, 1.807) is 34.9 Å². The van der Waals surface area contributed by atoms with E-state index in [1.165, 1.54) is 16.6 Å². The van der Waals surface area contributed by atoms with Gasteiger partial charge in [0.2, 0.25) is 10.0 Å². The first-order chi connectivity index (χ1) is 11.9. The second kappa shape index (κ2) is 7.28. The van der Waals surface area contributed by atoms with E-state index in [9.17, 15) is 13.2 Å². The molecule has 9 heteroatoms. The molecular formula is C16H21N3O4S2. The number of carbonyl (C=O) groups is 1. The quantitative estimate of drug-likeness (QED) is 0.782. The summed E-state index contributed by atoms with van der Waals surface area (Å²) >= 11 is 1.58. The number of hydrogen-bond donors (Lipinski definition) is 0. The maximum atomic E-state index is 12.7. The molecule has 1 amide bonds. The van der Waals surface area contributed by atoms with Crippen LogP contribution in [0.5, 0.6) is 0 Å². The molecule has 0 unspecified atom stereocenters. The van der Waals surface area contributed by atoms with E-state index in [0.717, 1.165) is 4.88 Å². The molecule has 0 bridgehead atoms. The van der Waals surface area contributed by atoms with E-state index >= 15 is 0 Å². The lowest BCUT2D eigenvalue weighted by Crippen LogP contribution is -2.40. The number of rotatable bonds is 5. The summed E-state index contributed by atoms with van der Waals surface area (Å²) in [6.45, 7) is 1.94. The molecule has 25 heavy (non-hydrogen) atoms. The van der Waals surface area contributed by atoms with Crippen molar-refractivity contribution in [3.05, 3.63) is 40.3 Å². The normalized spacial score (nSPS) is 16.1. The van der Waals surface area contributed by atoms with Crippen molar-refractivity contribution in [3.8, 4) is 0 Å². The number of sulfonamides is 1. The van der Waals surface area contributed by atoms with Gasteiger partial charge in [0.05, 0.1) is 19.8 Å². The Labute approximate surface area is 151 Å². The molecule has 1 saturated heterocycles. The van der Waals surface area contributed by atoms with Crippen LogP contribution in [-0.4, -0.2) is 61.4 Å². The maximum absolute atomic E-state index is 12.7. The molecule has 3 heterocycles. The molecular weight excluding hydrogens is 362 g/mol. The lowest BCUT2D eigenvalue weighted by Gasteiger charge is -2.25. The second-order valence-electron chi connectivity index (χ2n) is 5.93. The third-order valence-electron chi connectivity index (χ3n) is 4.13. The molecule has 1 fully saturated rings. The van der Waals surface area contributed by atoms with E-state index in [2.05, 4.69) is 0 Å².